The highest BCUT2D eigenvalue weighted by atomic mass is 32.1. The lowest BCUT2D eigenvalue weighted by atomic mass is 10.4. The van der Waals surface area contributed by atoms with Gasteiger partial charge in [0.2, 0.25) is 0 Å². The Morgan fingerprint density at radius 3 is 2.94 bits per heavy atom. The van der Waals surface area contributed by atoms with Gasteiger partial charge in [0.1, 0.15) is 10.7 Å². The van der Waals surface area contributed by atoms with E-state index in [4.69, 9.17) is 12.2 Å². The van der Waals surface area contributed by atoms with Gasteiger partial charge in [0.25, 0.3) is 0 Å². The molecule has 2 rings (SSSR count). The van der Waals surface area contributed by atoms with Crippen molar-refractivity contribution in [3.05, 3.63) is 24.3 Å². The first kappa shape index (κ1) is 11.4. The van der Waals surface area contributed by atoms with Crippen molar-refractivity contribution >= 4 is 17.2 Å². The minimum absolute atomic E-state index is 0.659. The van der Waals surface area contributed by atoms with Crippen molar-refractivity contribution in [2.24, 2.45) is 0 Å². The van der Waals surface area contributed by atoms with Crippen LogP contribution in [0.5, 0.6) is 0 Å². The van der Waals surface area contributed by atoms with Gasteiger partial charge >= 0.3 is 0 Å². The quantitative estimate of drug-likeness (QED) is 0.698. The number of nitrogens with zero attached hydrogens (tertiary/aromatic N) is 3. The standard InChI is InChI=1S/C10H15N5S/c16-10(9-7-12-1-2-13-9)14-8-15-5-3-11-4-6-15/h1-2,7,11H,3-6,8H2,(H,14,16). The lowest BCUT2D eigenvalue weighted by Gasteiger charge is -2.27. The van der Waals surface area contributed by atoms with E-state index >= 15 is 0 Å². The maximum absolute atomic E-state index is 5.23. The lowest BCUT2D eigenvalue weighted by molar-refractivity contribution is 0.237. The number of rotatable bonds is 3. The third-order valence-electron chi connectivity index (χ3n) is 2.47. The van der Waals surface area contributed by atoms with Crippen LogP contribution in [-0.2, 0) is 0 Å². The average Bonchev–Trinajstić information content (AvgIpc) is 2.38. The van der Waals surface area contributed by atoms with E-state index in [9.17, 15) is 0 Å². The molecule has 1 aromatic heterocycles. The Morgan fingerprint density at radius 1 is 1.44 bits per heavy atom. The van der Waals surface area contributed by atoms with E-state index in [1.54, 1.807) is 18.6 Å². The summed E-state index contributed by atoms with van der Waals surface area (Å²) in [5.41, 5.74) is 0.729. The topological polar surface area (TPSA) is 53.1 Å². The predicted molar refractivity (Wildman–Crippen MR) is 66.2 cm³/mol. The molecule has 0 aliphatic carbocycles. The molecule has 0 radical (unpaired) electrons. The summed E-state index contributed by atoms with van der Waals surface area (Å²) in [4.78, 5) is 11.1. The molecule has 2 N–H and O–H groups in total. The predicted octanol–water partition coefficient (Wildman–Crippen LogP) is -0.396. The molecule has 0 amide bonds. The summed E-state index contributed by atoms with van der Waals surface area (Å²) in [5, 5.41) is 6.51. The second-order valence-corrected chi connectivity index (χ2v) is 4.03. The van der Waals surface area contributed by atoms with E-state index < -0.39 is 0 Å². The Balaban J connectivity index is 1.79. The zero-order valence-corrected chi connectivity index (χ0v) is 9.83. The Labute approximate surface area is 100 Å². The van der Waals surface area contributed by atoms with Crippen molar-refractivity contribution in [2.75, 3.05) is 32.8 Å². The van der Waals surface area contributed by atoms with Crippen LogP contribution < -0.4 is 10.6 Å². The molecule has 1 aliphatic heterocycles. The van der Waals surface area contributed by atoms with E-state index in [0.29, 0.717) is 4.99 Å². The van der Waals surface area contributed by atoms with Crippen molar-refractivity contribution in [1.82, 2.24) is 25.5 Å². The molecule has 0 aromatic carbocycles. The molecule has 6 heteroatoms. The van der Waals surface area contributed by atoms with Gasteiger partial charge in [-0.3, -0.25) is 14.9 Å². The summed E-state index contributed by atoms with van der Waals surface area (Å²) in [7, 11) is 0. The van der Waals surface area contributed by atoms with Gasteiger partial charge in [-0.25, -0.2) is 0 Å². The van der Waals surface area contributed by atoms with Crippen LogP contribution in [-0.4, -0.2) is 52.7 Å². The molecule has 2 heterocycles. The van der Waals surface area contributed by atoms with Crippen LogP contribution in [0.15, 0.2) is 18.6 Å². The van der Waals surface area contributed by atoms with E-state index in [-0.39, 0.29) is 0 Å². The zero-order valence-electron chi connectivity index (χ0n) is 9.02. The van der Waals surface area contributed by atoms with Gasteiger partial charge in [-0.2, -0.15) is 0 Å². The Hall–Kier alpha value is -1.11. The largest absolute Gasteiger partial charge is 0.362 e. The average molecular weight is 237 g/mol. The monoisotopic (exact) mass is 237 g/mol. The van der Waals surface area contributed by atoms with Crippen LogP contribution in [0, 0.1) is 0 Å². The Kier molecular flexibility index (Phi) is 4.15. The molecule has 86 valence electrons. The summed E-state index contributed by atoms with van der Waals surface area (Å²) in [6.45, 7) is 4.96. The van der Waals surface area contributed by atoms with Crippen molar-refractivity contribution < 1.29 is 0 Å². The third-order valence-corrected chi connectivity index (χ3v) is 2.82. The maximum atomic E-state index is 5.23. The van der Waals surface area contributed by atoms with E-state index in [2.05, 4.69) is 25.5 Å². The van der Waals surface area contributed by atoms with E-state index in [1.165, 1.54) is 0 Å². The number of thiocarbonyl (C=S) groups is 1. The van der Waals surface area contributed by atoms with Crippen molar-refractivity contribution in [3.8, 4) is 0 Å². The van der Waals surface area contributed by atoms with Crippen LogP contribution in [0.3, 0.4) is 0 Å². The summed E-state index contributed by atoms with van der Waals surface area (Å²) < 4.78 is 0. The SMILES string of the molecule is S=C(NCN1CCNCC1)c1cnccn1. The van der Waals surface area contributed by atoms with Crippen LogP contribution in [0.4, 0.5) is 0 Å². The van der Waals surface area contributed by atoms with Crippen LogP contribution >= 0.6 is 12.2 Å². The van der Waals surface area contributed by atoms with Crippen molar-refractivity contribution in [1.29, 1.82) is 0 Å². The molecule has 1 aliphatic rings. The molecule has 0 atom stereocenters. The summed E-state index contributed by atoms with van der Waals surface area (Å²) in [6, 6.07) is 0. The number of aromatic nitrogens is 2. The molecule has 0 spiro atoms. The maximum Gasteiger partial charge on any atom is 0.127 e. The fourth-order valence-corrected chi connectivity index (χ4v) is 1.73. The highest BCUT2D eigenvalue weighted by Crippen LogP contribution is 1.94. The van der Waals surface area contributed by atoms with Crippen LogP contribution in [0.25, 0.3) is 0 Å². The molecule has 0 saturated carbocycles. The molecule has 1 aromatic rings. The number of hydrogen-bond donors (Lipinski definition) is 2. The first-order chi connectivity index (χ1) is 7.86. The summed E-state index contributed by atoms with van der Waals surface area (Å²) in [5.74, 6) is 0. The van der Waals surface area contributed by atoms with Gasteiger partial charge in [-0.1, -0.05) is 12.2 Å². The molecular formula is C10H15N5S. The number of nitrogens with one attached hydrogen (secondary N) is 2. The lowest BCUT2D eigenvalue weighted by Crippen LogP contribution is -2.48. The zero-order chi connectivity index (χ0) is 11.2. The molecule has 1 fully saturated rings. The van der Waals surface area contributed by atoms with E-state index in [1.807, 2.05) is 0 Å². The van der Waals surface area contributed by atoms with E-state index in [0.717, 1.165) is 38.5 Å². The fraction of sp³-hybridized carbons (Fsp3) is 0.500. The van der Waals surface area contributed by atoms with Crippen LogP contribution in [0.2, 0.25) is 0 Å². The summed E-state index contributed by atoms with van der Waals surface area (Å²) >= 11 is 5.23. The minimum atomic E-state index is 0.659. The van der Waals surface area contributed by atoms with Gasteiger partial charge in [-0.05, 0) is 0 Å². The van der Waals surface area contributed by atoms with Gasteiger partial charge in [0.05, 0.1) is 12.9 Å². The van der Waals surface area contributed by atoms with Gasteiger partial charge in [-0.15, -0.1) is 0 Å². The van der Waals surface area contributed by atoms with Crippen LogP contribution in [0.1, 0.15) is 5.69 Å². The fourth-order valence-electron chi connectivity index (χ4n) is 1.56. The first-order valence-electron chi connectivity index (χ1n) is 5.33. The van der Waals surface area contributed by atoms with Gasteiger partial charge < -0.3 is 10.6 Å². The number of hydrogen-bond acceptors (Lipinski definition) is 5. The minimum Gasteiger partial charge on any atom is -0.362 e. The molecular weight excluding hydrogens is 222 g/mol. The van der Waals surface area contributed by atoms with Crippen molar-refractivity contribution in [3.63, 3.8) is 0 Å². The second kappa shape index (κ2) is 5.83. The van der Waals surface area contributed by atoms with Crippen molar-refractivity contribution in [2.45, 2.75) is 0 Å². The number of piperazine rings is 1. The normalized spacial score (nSPS) is 17.0. The molecule has 1 saturated heterocycles. The molecule has 16 heavy (non-hydrogen) atoms. The molecule has 5 nitrogen and oxygen atoms in total. The summed E-state index contributed by atoms with van der Waals surface area (Å²) in [6.07, 6.45) is 4.96. The highest BCUT2D eigenvalue weighted by Gasteiger charge is 2.09. The molecule has 0 unspecified atom stereocenters. The van der Waals surface area contributed by atoms with Gasteiger partial charge in [0, 0.05) is 38.6 Å². The Bertz CT molecular complexity index is 336. The Morgan fingerprint density at radius 2 is 2.25 bits per heavy atom. The smallest absolute Gasteiger partial charge is 0.127 e. The highest BCUT2D eigenvalue weighted by molar-refractivity contribution is 7.80. The van der Waals surface area contributed by atoms with Gasteiger partial charge in [0.15, 0.2) is 0 Å². The first-order valence-corrected chi connectivity index (χ1v) is 5.74. The second-order valence-electron chi connectivity index (χ2n) is 3.62. The third kappa shape index (κ3) is 3.19. The molecule has 0 bridgehead atoms.